The Hall–Kier alpha value is -0.570. The fourth-order valence-electron chi connectivity index (χ4n) is 2.74. The summed E-state index contributed by atoms with van der Waals surface area (Å²) in [6.45, 7) is 14.6. The third-order valence-electron chi connectivity index (χ3n) is 3.86. The molecule has 0 rings (SSSR count). The number of amides is 1. The van der Waals surface area contributed by atoms with Crippen molar-refractivity contribution in [3.8, 4) is 0 Å². The van der Waals surface area contributed by atoms with Crippen LogP contribution in [0.15, 0.2) is 0 Å². The van der Waals surface area contributed by atoms with Crippen LogP contribution in [0.2, 0.25) is 0 Å². The number of nitrogens with two attached hydrogens (primary N) is 1. The van der Waals surface area contributed by atoms with Crippen LogP contribution in [0.1, 0.15) is 54.4 Å². The summed E-state index contributed by atoms with van der Waals surface area (Å²) in [5.41, 5.74) is 5.74. The lowest BCUT2D eigenvalue weighted by atomic mass is 9.85. The van der Waals surface area contributed by atoms with Gasteiger partial charge in [0, 0.05) is 13.0 Å². The summed E-state index contributed by atoms with van der Waals surface area (Å²) in [5.74, 6) is 2.81. The van der Waals surface area contributed by atoms with Gasteiger partial charge in [0.05, 0.1) is 0 Å². The zero-order chi connectivity index (χ0) is 15.0. The Morgan fingerprint density at radius 1 is 1.05 bits per heavy atom. The molecule has 0 bridgehead atoms. The molecule has 0 aromatic carbocycles. The summed E-state index contributed by atoms with van der Waals surface area (Å²) < 4.78 is 0. The predicted octanol–water partition coefficient (Wildman–Crippen LogP) is 3.04. The topological polar surface area (TPSA) is 55.1 Å². The SMILES string of the molecule is CC(C)CC(CN)CC(=O)NCC(C(C)C)C(C)C. The van der Waals surface area contributed by atoms with Gasteiger partial charge in [0.15, 0.2) is 0 Å². The molecular weight excluding hydrogens is 236 g/mol. The monoisotopic (exact) mass is 270 g/mol. The van der Waals surface area contributed by atoms with Crippen LogP contribution in [-0.2, 0) is 4.79 Å². The molecule has 0 heterocycles. The molecule has 3 heteroatoms. The molecule has 1 unspecified atom stereocenters. The lowest BCUT2D eigenvalue weighted by molar-refractivity contribution is -0.122. The maximum atomic E-state index is 12.0. The van der Waals surface area contributed by atoms with Gasteiger partial charge in [-0.3, -0.25) is 4.79 Å². The first kappa shape index (κ1) is 18.4. The molecular formula is C16H34N2O. The lowest BCUT2D eigenvalue weighted by Gasteiger charge is -2.25. The van der Waals surface area contributed by atoms with Gasteiger partial charge in [0.1, 0.15) is 0 Å². The van der Waals surface area contributed by atoms with Gasteiger partial charge in [-0.25, -0.2) is 0 Å². The summed E-state index contributed by atoms with van der Waals surface area (Å²) >= 11 is 0. The molecule has 0 radical (unpaired) electrons. The normalized spacial score (nSPS) is 13.6. The average molecular weight is 270 g/mol. The van der Waals surface area contributed by atoms with E-state index in [1.807, 2.05) is 0 Å². The highest BCUT2D eigenvalue weighted by Gasteiger charge is 2.19. The Labute approximate surface area is 119 Å². The lowest BCUT2D eigenvalue weighted by Crippen LogP contribution is -2.35. The van der Waals surface area contributed by atoms with Crippen molar-refractivity contribution < 1.29 is 4.79 Å². The summed E-state index contributed by atoms with van der Waals surface area (Å²) in [5, 5.41) is 3.09. The quantitative estimate of drug-likeness (QED) is 0.676. The number of nitrogens with one attached hydrogen (secondary N) is 1. The van der Waals surface area contributed by atoms with E-state index in [9.17, 15) is 4.79 Å². The first-order chi connectivity index (χ1) is 8.77. The zero-order valence-electron chi connectivity index (χ0n) is 13.7. The molecule has 0 aliphatic carbocycles. The molecule has 1 atom stereocenters. The molecule has 0 aromatic heterocycles. The highest BCUT2D eigenvalue weighted by Crippen LogP contribution is 2.20. The van der Waals surface area contributed by atoms with E-state index in [0.717, 1.165) is 13.0 Å². The first-order valence-corrected chi connectivity index (χ1v) is 7.74. The maximum absolute atomic E-state index is 12.0. The largest absolute Gasteiger partial charge is 0.356 e. The number of carbonyl (C=O) groups excluding carboxylic acids is 1. The van der Waals surface area contributed by atoms with Gasteiger partial charge in [-0.05, 0) is 42.6 Å². The van der Waals surface area contributed by atoms with Gasteiger partial charge in [-0.15, -0.1) is 0 Å². The zero-order valence-corrected chi connectivity index (χ0v) is 13.7. The van der Waals surface area contributed by atoms with Gasteiger partial charge >= 0.3 is 0 Å². The third kappa shape index (κ3) is 8.25. The van der Waals surface area contributed by atoms with E-state index < -0.39 is 0 Å². The number of hydrogen-bond acceptors (Lipinski definition) is 2. The number of carbonyl (C=O) groups is 1. The molecule has 0 saturated carbocycles. The van der Waals surface area contributed by atoms with Gasteiger partial charge in [0.25, 0.3) is 0 Å². The highest BCUT2D eigenvalue weighted by atomic mass is 16.1. The molecule has 0 fully saturated rings. The first-order valence-electron chi connectivity index (χ1n) is 7.74. The Kier molecular flexibility index (Phi) is 9.07. The smallest absolute Gasteiger partial charge is 0.220 e. The van der Waals surface area contributed by atoms with Gasteiger partial charge in [0.2, 0.25) is 5.91 Å². The summed E-state index contributed by atoms with van der Waals surface area (Å²) in [6.07, 6.45) is 1.60. The Balaban J connectivity index is 4.15. The van der Waals surface area contributed by atoms with E-state index >= 15 is 0 Å². The van der Waals surface area contributed by atoms with Crippen molar-refractivity contribution >= 4 is 5.91 Å². The van der Waals surface area contributed by atoms with Crippen molar-refractivity contribution in [3.63, 3.8) is 0 Å². The van der Waals surface area contributed by atoms with Gasteiger partial charge in [-0.2, -0.15) is 0 Å². The molecule has 3 nitrogen and oxygen atoms in total. The van der Waals surface area contributed by atoms with E-state index in [2.05, 4.69) is 46.9 Å². The van der Waals surface area contributed by atoms with Crippen molar-refractivity contribution in [1.29, 1.82) is 0 Å². The van der Waals surface area contributed by atoms with E-state index in [1.54, 1.807) is 0 Å². The van der Waals surface area contributed by atoms with Gasteiger partial charge in [-0.1, -0.05) is 41.5 Å². The van der Waals surface area contributed by atoms with E-state index in [-0.39, 0.29) is 5.91 Å². The van der Waals surface area contributed by atoms with Crippen LogP contribution in [0, 0.1) is 29.6 Å². The van der Waals surface area contributed by atoms with Crippen LogP contribution in [-0.4, -0.2) is 19.0 Å². The van der Waals surface area contributed by atoms with Crippen LogP contribution in [0.25, 0.3) is 0 Å². The van der Waals surface area contributed by atoms with E-state index in [0.29, 0.717) is 42.6 Å². The fourth-order valence-corrected chi connectivity index (χ4v) is 2.74. The second kappa shape index (κ2) is 9.35. The molecule has 0 aliphatic heterocycles. The molecule has 19 heavy (non-hydrogen) atoms. The molecule has 0 aliphatic rings. The molecule has 114 valence electrons. The van der Waals surface area contributed by atoms with Crippen molar-refractivity contribution in [3.05, 3.63) is 0 Å². The van der Waals surface area contributed by atoms with E-state index in [1.165, 1.54) is 0 Å². The highest BCUT2D eigenvalue weighted by molar-refractivity contribution is 5.76. The van der Waals surface area contributed by atoms with Crippen LogP contribution in [0.5, 0.6) is 0 Å². The second-order valence-corrected chi connectivity index (χ2v) is 6.89. The minimum Gasteiger partial charge on any atom is -0.356 e. The van der Waals surface area contributed by atoms with Crippen molar-refractivity contribution in [2.45, 2.75) is 54.4 Å². The Bertz CT molecular complexity index is 241. The van der Waals surface area contributed by atoms with Gasteiger partial charge < -0.3 is 11.1 Å². The van der Waals surface area contributed by atoms with Crippen LogP contribution >= 0.6 is 0 Å². The van der Waals surface area contributed by atoms with Crippen molar-refractivity contribution in [2.75, 3.05) is 13.1 Å². The Morgan fingerprint density at radius 3 is 1.95 bits per heavy atom. The van der Waals surface area contributed by atoms with Crippen LogP contribution in [0.3, 0.4) is 0 Å². The minimum absolute atomic E-state index is 0.155. The standard InChI is InChI=1S/C16H34N2O/c1-11(2)7-14(9-17)8-16(19)18-10-15(12(3)4)13(5)6/h11-15H,7-10,17H2,1-6H3,(H,18,19). The van der Waals surface area contributed by atoms with E-state index in [4.69, 9.17) is 5.73 Å². The molecule has 3 N–H and O–H groups in total. The fraction of sp³-hybridized carbons (Fsp3) is 0.938. The van der Waals surface area contributed by atoms with Crippen molar-refractivity contribution in [1.82, 2.24) is 5.32 Å². The molecule has 0 saturated heterocycles. The number of hydrogen-bond donors (Lipinski definition) is 2. The minimum atomic E-state index is 0.155. The summed E-state index contributed by atoms with van der Waals surface area (Å²) in [6, 6.07) is 0. The van der Waals surface area contributed by atoms with Crippen LogP contribution < -0.4 is 11.1 Å². The second-order valence-electron chi connectivity index (χ2n) is 6.89. The predicted molar refractivity (Wildman–Crippen MR) is 82.8 cm³/mol. The number of rotatable bonds is 9. The summed E-state index contributed by atoms with van der Waals surface area (Å²) in [4.78, 5) is 12.0. The average Bonchev–Trinajstić information content (AvgIpc) is 2.26. The molecule has 0 aromatic rings. The Morgan fingerprint density at radius 2 is 1.58 bits per heavy atom. The molecule has 1 amide bonds. The third-order valence-corrected chi connectivity index (χ3v) is 3.86. The summed E-state index contributed by atoms with van der Waals surface area (Å²) in [7, 11) is 0. The molecule has 0 spiro atoms. The maximum Gasteiger partial charge on any atom is 0.220 e. The van der Waals surface area contributed by atoms with Crippen LogP contribution in [0.4, 0.5) is 0 Å². The van der Waals surface area contributed by atoms with Crippen molar-refractivity contribution in [2.24, 2.45) is 35.3 Å².